The molecule has 180 valence electrons. The van der Waals surface area contributed by atoms with E-state index in [0.29, 0.717) is 24.2 Å². The molecule has 2 aromatic carbocycles. The van der Waals surface area contributed by atoms with E-state index in [1.807, 2.05) is 51.1 Å². The molecule has 9 heteroatoms. The van der Waals surface area contributed by atoms with Crippen LogP contribution in [0, 0.1) is 5.92 Å². The Morgan fingerprint density at radius 2 is 1.94 bits per heavy atom. The van der Waals surface area contributed by atoms with Crippen LogP contribution in [0.5, 0.6) is 0 Å². The molecule has 2 aliphatic rings. The van der Waals surface area contributed by atoms with Crippen LogP contribution in [-0.4, -0.2) is 46.2 Å². The molecule has 0 bridgehead atoms. The van der Waals surface area contributed by atoms with Crippen molar-refractivity contribution in [1.82, 2.24) is 15.3 Å². The second-order valence-electron chi connectivity index (χ2n) is 9.80. The number of likely N-dealkylation sites (tertiary alicyclic amines) is 1. The van der Waals surface area contributed by atoms with Crippen LogP contribution in [0.2, 0.25) is 0 Å². The standard InChI is InChI=1S/C26H27N5O4/c1-26(2,3)35-25(34)31-10-9-18(22(31)15-7-5-4-6-8-15)23(32)29-17-11-19-21-16(13-27-20(21)12-17)14-28-30-24(19)33/h4-8,11-14,18,22,27H,9-10H2,1-3H3,(H,29,32)(H,30,33)/t18-,22-/m1/s1. The highest BCUT2D eigenvalue weighted by molar-refractivity contribution is 6.15. The van der Waals surface area contributed by atoms with Gasteiger partial charge in [0.2, 0.25) is 5.91 Å². The number of hydrogen-bond donors (Lipinski definition) is 3. The number of carbonyl (C=O) groups excluding carboxylic acids is 3. The quantitative estimate of drug-likeness (QED) is 0.529. The lowest BCUT2D eigenvalue weighted by molar-refractivity contribution is -0.120. The van der Waals surface area contributed by atoms with Gasteiger partial charge in [0.05, 0.1) is 23.7 Å². The van der Waals surface area contributed by atoms with Crippen LogP contribution in [0.1, 0.15) is 54.7 Å². The van der Waals surface area contributed by atoms with Crippen LogP contribution in [-0.2, 0) is 9.53 Å². The number of benzene rings is 2. The van der Waals surface area contributed by atoms with Gasteiger partial charge in [-0.1, -0.05) is 30.3 Å². The molecular weight excluding hydrogens is 446 g/mol. The van der Waals surface area contributed by atoms with Gasteiger partial charge in [-0.3, -0.25) is 9.59 Å². The molecule has 5 rings (SSSR count). The average molecular weight is 474 g/mol. The van der Waals surface area contributed by atoms with Crippen molar-refractivity contribution in [2.75, 3.05) is 11.9 Å². The Labute approximate surface area is 202 Å². The molecule has 1 aromatic heterocycles. The number of rotatable bonds is 3. The van der Waals surface area contributed by atoms with Gasteiger partial charge in [0.15, 0.2) is 0 Å². The van der Waals surface area contributed by atoms with E-state index in [-0.39, 0.29) is 11.8 Å². The molecular formula is C26H27N5O4. The molecule has 35 heavy (non-hydrogen) atoms. The lowest BCUT2D eigenvalue weighted by Gasteiger charge is -2.30. The van der Waals surface area contributed by atoms with Gasteiger partial charge in [-0.05, 0) is 44.9 Å². The Morgan fingerprint density at radius 1 is 1.17 bits per heavy atom. The number of aromatic nitrogens is 1. The predicted molar refractivity (Wildman–Crippen MR) is 132 cm³/mol. The number of hydrogen-bond acceptors (Lipinski definition) is 5. The minimum atomic E-state index is -0.645. The zero-order chi connectivity index (χ0) is 24.7. The van der Waals surface area contributed by atoms with E-state index in [2.05, 4.69) is 20.8 Å². The van der Waals surface area contributed by atoms with Gasteiger partial charge in [-0.15, -0.1) is 0 Å². The van der Waals surface area contributed by atoms with Gasteiger partial charge in [0.25, 0.3) is 5.91 Å². The van der Waals surface area contributed by atoms with Gasteiger partial charge in [0.1, 0.15) is 5.60 Å². The van der Waals surface area contributed by atoms with Gasteiger partial charge < -0.3 is 19.9 Å². The van der Waals surface area contributed by atoms with Gasteiger partial charge in [-0.2, -0.15) is 5.10 Å². The Kier molecular flexibility index (Phi) is 5.55. The summed E-state index contributed by atoms with van der Waals surface area (Å²) >= 11 is 0. The van der Waals surface area contributed by atoms with Crippen molar-refractivity contribution in [1.29, 1.82) is 0 Å². The topological polar surface area (TPSA) is 116 Å². The van der Waals surface area contributed by atoms with E-state index in [1.165, 1.54) is 0 Å². The third kappa shape index (κ3) is 4.37. The molecule has 0 radical (unpaired) electrons. The summed E-state index contributed by atoms with van der Waals surface area (Å²) in [6.07, 6.45) is 3.39. The van der Waals surface area contributed by atoms with Crippen LogP contribution in [0.15, 0.2) is 53.8 Å². The fourth-order valence-electron chi connectivity index (χ4n) is 4.76. The Hall–Kier alpha value is -4.14. The SMILES string of the molecule is CC(C)(C)OC(=O)N1CC[C@@H](C(=O)Nc2cc3c4c(c[nH]c4c2)C=NNC3=O)[C@H]1c1ccccc1. The summed E-state index contributed by atoms with van der Waals surface area (Å²) in [6, 6.07) is 12.5. The highest BCUT2D eigenvalue weighted by Crippen LogP contribution is 2.39. The summed E-state index contributed by atoms with van der Waals surface area (Å²) in [4.78, 5) is 43.8. The summed E-state index contributed by atoms with van der Waals surface area (Å²) in [5.74, 6) is -1.07. The number of anilines is 1. The maximum Gasteiger partial charge on any atom is 0.410 e. The third-order valence-corrected chi connectivity index (χ3v) is 6.20. The molecule has 3 aromatic rings. The van der Waals surface area contributed by atoms with Crippen LogP contribution in [0.25, 0.3) is 10.9 Å². The minimum Gasteiger partial charge on any atom is -0.444 e. The van der Waals surface area contributed by atoms with Crippen molar-refractivity contribution in [2.45, 2.75) is 38.8 Å². The van der Waals surface area contributed by atoms with E-state index in [4.69, 9.17) is 4.74 Å². The Bertz CT molecular complexity index is 1340. The number of nitrogens with zero attached hydrogens (tertiary/aromatic N) is 2. The molecule has 0 spiro atoms. The van der Waals surface area contributed by atoms with Crippen molar-refractivity contribution < 1.29 is 19.1 Å². The Morgan fingerprint density at radius 3 is 2.69 bits per heavy atom. The van der Waals surface area contributed by atoms with Crippen molar-refractivity contribution in [3.63, 3.8) is 0 Å². The summed E-state index contributed by atoms with van der Waals surface area (Å²) in [5, 5.41) is 7.65. The molecule has 0 saturated carbocycles. The molecule has 1 fully saturated rings. The number of carbonyl (C=O) groups is 3. The van der Waals surface area contributed by atoms with Crippen LogP contribution in [0.4, 0.5) is 10.5 Å². The largest absolute Gasteiger partial charge is 0.444 e. The number of H-pyrrole nitrogens is 1. The zero-order valence-corrected chi connectivity index (χ0v) is 19.8. The zero-order valence-electron chi connectivity index (χ0n) is 19.8. The summed E-state index contributed by atoms with van der Waals surface area (Å²) in [5.41, 5.74) is 5.13. The predicted octanol–water partition coefficient (Wildman–Crippen LogP) is 4.18. The minimum absolute atomic E-state index is 0.228. The smallest absolute Gasteiger partial charge is 0.410 e. The Balaban J connectivity index is 1.44. The summed E-state index contributed by atoms with van der Waals surface area (Å²) in [7, 11) is 0. The van der Waals surface area contributed by atoms with Crippen LogP contribution < -0.4 is 10.7 Å². The lowest BCUT2D eigenvalue weighted by Crippen LogP contribution is -2.38. The first-order valence-corrected chi connectivity index (χ1v) is 11.6. The van der Waals surface area contributed by atoms with E-state index in [0.717, 1.165) is 22.0 Å². The molecule has 2 aliphatic heterocycles. The number of hydrazone groups is 1. The van der Waals surface area contributed by atoms with E-state index in [1.54, 1.807) is 29.4 Å². The molecule has 1 saturated heterocycles. The molecule has 3 amide bonds. The van der Waals surface area contributed by atoms with Gasteiger partial charge in [0, 0.05) is 34.9 Å². The van der Waals surface area contributed by atoms with E-state index < -0.39 is 23.7 Å². The van der Waals surface area contributed by atoms with Crippen LogP contribution >= 0.6 is 0 Å². The lowest BCUT2D eigenvalue weighted by atomic mass is 9.92. The normalized spacial score (nSPS) is 19.4. The molecule has 3 N–H and O–H groups in total. The molecule has 9 nitrogen and oxygen atoms in total. The third-order valence-electron chi connectivity index (χ3n) is 6.20. The van der Waals surface area contributed by atoms with Gasteiger partial charge >= 0.3 is 6.09 Å². The first-order valence-electron chi connectivity index (χ1n) is 11.6. The fraction of sp³-hybridized carbons (Fsp3) is 0.308. The molecule has 2 atom stereocenters. The van der Waals surface area contributed by atoms with Gasteiger partial charge in [-0.25, -0.2) is 10.2 Å². The van der Waals surface area contributed by atoms with Crippen molar-refractivity contribution in [2.24, 2.45) is 11.0 Å². The van der Waals surface area contributed by atoms with Crippen molar-refractivity contribution >= 4 is 40.7 Å². The van der Waals surface area contributed by atoms with Crippen molar-refractivity contribution in [3.8, 4) is 0 Å². The first kappa shape index (κ1) is 22.6. The number of ether oxygens (including phenoxy) is 1. The number of nitrogens with one attached hydrogen (secondary N) is 3. The first-order chi connectivity index (χ1) is 16.7. The number of amides is 3. The highest BCUT2D eigenvalue weighted by atomic mass is 16.6. The molecule has 3 heterocycles. The number of aromatic amines is 1. The fourth-order valence-corrected chi connectivity index (χ4v) is 4.76. The molecule has 0 aliphatic carbocycles. The van der Waals surface area contributed by atoms with Crippen molar-refractivity contribution in [3.05, 3.63) is 65.4 Å². The maximum absolute atomic E-state index is 13.5. The van der Waals surface area contributed by atoms with E-state index in [9.17, 15) is 14.4 Å². The maximum atomic E-state index is 13.5. The second-order valence-corrected chi connectivity index (χ2v) is 9.80. The second kappa shape index (κ2) is 8.57. The van der Waals surface area contributed by atoms with Crippen LogP contribution in [0.3, 0.4) is 0 Å². The summed E-state index contributed by atoms with van der Waals surface area (Å²) in [6.45, 7) is 5.86. The van der Waals surface area contributed by atoms with E-state index >= 15 is 0 Å². The monoisotopic (exact) mass is 473 g/mol. The highest BCUT2D eigenvalue weighted by Gasteiger charge is 2.43. The summed E-state index contributed by atoms with van der Waals surface area (Å²) < 4.78 is 5.63. The molecule has 0 unspecified atom stereocenters. The average Bonchev–Trinajstić information content (AvgIpc) is 3.39.